The number of carbonyl (C=O) groups excluding carboxylic acids is 4. The number of nitrogens with two attached hydrogens (primary N) is 1. The Labute approximate surface area is 248 Å². The van der Waals surface area contributed by atoms with E-state index in [0.717, 1.165) is 16.7 Å². The molecule has 2 aliphatic heterocycles. The Balaban J connectivity index is 1.46. The maximum Gasteiger partial charge on any atom is 0.357 e. The Morgan fingerprint density at radius 1 is 0.952 bits per heavy atom. The molecule has 0 bridgehead atoms. The number of esters is 1. The van der Waals surface area contributed by atoms with Gasteiger partial charge in [0, 0.05) is 11.8 Å². The summed E-state index contributed by atoms with van der Waals surface area (Å²) in [6, 6.07) is 25.9. The van der Waals surface area contributed by atoms with Crippen LogP contribution in [0.5, 0.6) is 0 Å². The number of carbonyl (C=O) groups is 4. The van der Waals surface area contributed by atoms with Crippen molar-refractivity contribution in [1.82, 2.24) is 15.1 Å². The minimum atomic E-state index is -0.823. The number of thioether (sulfide) groups is 1. The zero-order valence-electron chi connectivity index (χ0n) is 23.3. The molecule has 0 aliphatic carbocycles. The number of nitrogens with one attached hydrogen (secondary N) is 1. The van der Waals surface area contributed by atoms with Crippen molar-refractivity contribution in [3.8, 4) is 0 Å². The normalized spacial score (nSPS) is 17.9. The summed E-state index contributed by atoms with van der Waals surface area (Å²) in [4.78, 5) is 55.6. The third-order valence-electron chi connectivity index (χ3n) is 7.14. The van der Waals surface area contributed by atoms with Gasteiger partial charge in [0.2, 0.25) is 5.91 Å². The molecule has 2 aliphatic rings. The van der Waals surface area contributed by atoms with Crippen molar-refractivity contribution in [3.63, 3.8) is 0 Å². The van der Waals surface area contributed by atoms with Gasteiger partial charge in [0.25, 0.3) is 5.91 Å². The van der Waals surface area contributed by atoms with Crippen LogP contribution >= 0.6 is 11.8 Å². The second kappa shape index (κ2) is 12.5. The van der Waals surface area contributed by atoms with Crippen LogP contribution in [0.25, 0.3) is 0 Å². The van der Waals surface area contributed by atoms with Gasteiger partial charge < -0.3 is 15.8 Å². The first-order valence-electron chi connectivity index (χ1n) is 13.7. The van der Waals surface area contributed by atoms with Gasteiger partial charge in [-0.2, -0.15) is 0 Å². The topological polar surface area (TPSA) is 122 Å². The lowest BCUT2D eigenvalue weighted by Crippen LogP contribution is -2.71. The molecule has 1 unspecified atom stereocenters. The van der Waals surface area contributed by atoms with E-state index in [0.29, 0.717) is 5.70 Å². The largest absolute Gasteiger partial charge is 0.448 e. The van der Waals surface area contributed by atoms with E-state index in [2.05, 4.69) is 5.32 Å². The molecule has 3 aromatic rings. The Morgan fingerprint density at radius 2 is 1.50 bits per heavy atom. The number of benzene rings is 3. The third-order valence-corrected chi connectivity index (χ3v) is 8.40. The lowest BCUT2D eigenvalue weighted by Gasteiger charge is -2.50. The third kappa shape index (κ3) is 5.89. The van der Waals surface area contributed by atoms with Gasteiger partial charge in [-0.3, -0.25) is 19.4 Å². The molecular formula is C32H32N4O5S. The molecule has 3 aromatic carbocycles. The average Bonchev–Trinajstić information content (AvgIpc) is 2.99. The molecule has 0 aromatic heterocycles. The van der Waals surface area contributed by atoms with Crippen molar-refractivity contribution in [2.45, 2.75) is 43.8 Å². The maximum absolute atomic E-state index is 14.1. The molecule has 216 valence electrons. The van der Waals surface area contributed by atoms with E-state index >= 15 is 0 Å². The van der Waals surface area contributed by atoms with Gasteiger partial charge in [-0.25, -0.2) is 9.59 Å². The maximum atomic E-state index is 14.1. The van der Waals surface area contributed by atoms with Gasteiger partial charge in [0.15, 0.2) is 11.8 Å². The molecule has 9 nitrogen and oxygen atoms in total. The number of nitrogens with zero attached hydrogens (tertiary/aromatic N) is 2. The van der Waals surface area contributed by atoms with E-state index in [-0.39, 0.29) is 29.8 Å². The van der Waals surface area contributed by atoms with Crippen molar-refractivity contribution in [2.75, 3.05) is 5.75 Å². The van der Waals surface area contributed by atoms with Gasteiger partial charge in [0.1, 0.15) is 11.4 Å². The lowest BCUT2D eigenvalue weighted by molar-refractivity contribution is -0.155. The highest BCUT2D eigenvalue weighted by Gasteiger charge is 2.55. The molecule has 4 amide bonds. The van der Waals surface area contributed by atoms with Crippen LogP contribution < -0.4 is 11.1 Å². The van der Waals surface area contributed by atoms with Crippen LogP contribution in [0, 0.1) is 0 Å². The summed E-state index contributed by atoms with van der Waals surface area (Å²) >= 11 is 1.35. The summed E-state index contributed by atoms with van der Waals surface area (Å²) in [7, 11) is 0. The smallest absolute Gasteiger partial charge is 0.357 e. The minimum absolute atomic E-state index is 0.0401. The second-order valence-electron chi connectivity index (χ2n) is 10.3. The molecule has 42 heavy (non-hydrogen) atoms. The summed E-state index contributed by atoms with van der Waals surface area (Å²) in [5.74, 6) is -1.30. The Kier molecular flexibility index (Phi) is 8.63. The number of ether oxygens (including phenoxy) is 1. The zero-order valence-corrected chi connectivity index (χ0v) is 24.1. The van der Waals surface area contributed by atoms with Gasteiger partial charge in [-0.1, -0.05) is 91.0 Å². The number of rotatable bonds is 9. The number of fused-ring (bicyclic) bond motifs is 1. The fraction of sp³-hybridized carbons (Fsp3) is 0.250. The first-order chi connectivity index (χ1) is 20.3. The van der Waals surface area contributed by atoms with Crippen molar-refractivity contribution < 1.29 is 23.9 Å². The molecule has 2 atom stereocenters. The SMILES string of the molecule is CC(C)N(C(N)=O)C1=C(C(=O)OC(c2ccccc2)c2ccccc2)N2C(=O)C(NC(=O)Cc3ccccc3)[C@H]2SC1. The average molecular weight is 585 g/mol. The molecule has 3 N–H and O–H groups in total. The van der Waals surface area contributed by atoms with Crippen molar-refractivity contribution in [1.29, 1.82) is 0 Å². The van der Waals surface area contributed by atoms with E-state index < -0.39 is 35.4 Å². The number of hydrogen-bond acceptors (Lipinski definition) is 6. The first-order valence-corrected chi connectivity index (χ1v) is 14.7. The molecule has 10 heteroatoms. The highest BCUT2D eigenvalue weighted by molar-refractivity contribution is 8.00. The van der Waals surface area contributed by atoms with Gasteiger partial charge in [-0.15, -0.1) is 11.8 Å². The summed E-state index contributed by atoms with van der Waals surface area (Å²) in [6.45, 7) is 3.55. The second-order valence-corrected chi connectivity index (χ2v) is 11.4. The standard InChI is InChI=1S/C32H32N4O5S/c1-20(2)35(32(33)40)24-19-42-30-26(34-25(37)18-21-12-6-3-7-13-21)29(38)36(30)27(24)31(39)41-28(22-14-8-4-9-15-22)23-16-10-5-11-17-23/h3-17,20,26,28,30H,18-19H2,1-2H3,(H2,33,40)(H,34,37)/t26?,30-/m1/s1. The minimum Gasteiger partial charge on any atom is -0.448 e. The van der Waals surface area contributed by atoms with Crippen molar-refractivity contribution in [2.24, 2.45) is 5.73 Å². The van der Waals surface area contributed by atoms with Gasteiger partial charge in [-0.05, 0) is 30.5 Å². The van der Waals surface area contributed by atoms with Crippen molar-refractivity contribution >= 4 is 35.6 Å². The van der Waals surface area contributed by atoms with E-state index in [9.17, 15) is 19.2 Å². The first kappa shape index (κ1) is 28.9. The number of amides is 4. The van der Waals surface area contributed by atoms with Crippen LogP contribution in [0.15, 0.2) is 102 Å². The van der Waals surface area contributed by atoms with Gasteiger partial charge >= 0.3 is 12.0 Å². The summed E-state index contributed by atoms with van der Waals surface area (Å²) in [5.41, 5.74) is 8.32. The van der Waals surface area contributed by atoms with Crippen LogP contribution in [-0.2, 0) is 25.5 Å². The Bertz CT molecular complexity index is 1460. The molecule has 0 saturated carbocycles. The predicted molar refractivity (Wildman–Crippen MR) is 160 cm³/mol. The van der Waals surface area contributed by atoms with Gasteiger partial charge in [0.05, 0.1) is 12.1 Å². The number of primary amides is 1. The molecule has 1 fully saturated rings. The number of urea groups is 1. The fourth-order valence-corrected chi connectivity index (χ4v) is 6.57. The molecule has 5 rings (SSSR count). The molecule has 0 spiro atoms. The highest BCUT2D eigenvalue weighted by atomic mass is 32.2. The summed E-state index contributed by atoms with van der Waals surface area (Å²) in [6.07, 6.45) is -0.642. The van der Waals surface area contributed by atoms with Crippen LogP contribution in [0.2, 0.25) is 0 Å². The van der Waals surface area contributed by atoms with Crippen LogP contribution in [-0.4, -0.2) is 56.8 Å². The van der Waals surface area contributed by atoms with Crippen LogP contribution in [0.4, 0.5) is 4.79 Å². The summed E-state index contributed by atoms with van der Waals surface area (Å²) in [5, 5.41) is 2.28. The van der Waals surface area contributed by atoms with E-state index in [4.69, 9.17) is 10.5 Å². The monoisotopic (exact) mass is 584 g/mol. The molecule has 2 heterocycles. The molecule has 0 radical (unpaired) electrons. The highest BCUT2D eigenvalue weighted by Crippen LogP contribution is 2.43. The number of β-lactam (4-membered cyclic amide) rings is 1. The Morgan fingerprint density at radius 3 is 2.02 bits per heavy atom. The quantitative estimate of drug-likeness (QED) is 0.290. The number of hydrogen-bond donors (Lipinski definition) is 2. The van der Waals surface area contributed by atoms with E-state index in [1.807, 2.05) is 91.0 Å². The molecule has 1 saturated heterocycles. The van der Waals surface area contributed by atoms with Crippen LogP contribution in [0.1, 0.15) is 36.6 Å². The fourth-order valence-electron chi connectivity index (χ4n) is 5.23. The van der Waals surface area contributed by atoms with Crippen molar-refractivity contribution in [3.05, 3.63) is 119 Å². The lowest BCUT2D eigenvalue weighted by atomic mass is 10.0. The Hall–Kier alpha value is -4.57. The van der Waals surface area contributed by atoms with Crippen LogP contribution in [0.3, 0.4) is 0 Å². The summed E-state index contributed by atoms with van der Waals surface area (Å²) < 4.78 is 6.13. The zero-order chi connectivity index (χ0) is 29.8. The van der Waals surface area contributed by atoms with E-state index in [1.165, 1.54) is 21.6 Å². The van der Waals surface area contributed by atoms with E-state index in [1.54, 1.807) is 13.8 Å². The predicted octanol–water partition coefficient (Wildman–Crippen LogP) is 3.96. The molecular weight excluding hydrogens is 552 g/mol.